The van der Waals surface area contributed by atoms with Gasteiger partial charge in [0.1, 0.15) is 11.8 Å². The number of aryl methyl sites for hydroxylation is 1. The quantitative estimate of drug-likeness (QED) is 0.586. The minimum Gasteiger partial charge on any atom is -0.467 e. The predicted molar refractivity (Wildman–Crippen MR) is 56.8 cm³/mol. The molecule has 1 atom stereocenters. The molecule has 4 heteroatoms. The molecule has 0 aliphatic rings. The molecule has 3 N–H and O–H groups in total. The SMILES string of the molecule is Cc1ccc(C(NN)c2ccco2)cn1. The first-order valence-electron chi connectivity index (χ1n) is 4.73. The third kappa shape index (κ3) is 2.06. The Morgan fingerprint density at radius 3 is 2.80 bits per heavy atom. The molecule has 15 heavy (non-hydrogen) atoms. The van der Waals surface area contributed by atoms with Gasteiger partial charge in [0, 0.05) is 11.9 Å². The van der Waals surface area contributed by atoms with E-state index in [2.05, 4.69) is 10.4 Å². The maximum absolute atomic E-state index is 5.50. The van der Waals surface area contributed by atoms with E-state index in [9.17, 15) is 0 Å². The van der Waals surface area contributed by atoms with Crippen molar-refractivity contribution in [2.75, 3.05) is 0 Å². The Hall–Kier alpha value is -1.65. The van der Waals surface area contributed by atoms with E-state index in [1.165, 1.54) is 0 Å². The van der Waals surface area contributed by atoms with Crippen LogP contribution < -0.4 is 11.3 Å². The highest BCUT2D eigenvalue weighted by Crippen LogP contribution is 2.20. The van der Waals surface area contributed by atoms with Gasteiger partial charge in [0.25, 0.3) is 0 Å². The summed E-state index contributed by atoms with van der Waals surface area (Å²) < 4.78 is 5.30. The first kappa shape index (κ1) is 9.89. The number of aromatic nitrogens is 1. The molecule has 1 unspecified atom stereocenters. The number of hydrogen-bond donors (Lipinski definition) is 2. The zero-order valence-corrected chi connectivity index (χ0v) is 8.47. The Balaban J connectivity index is 2.31. The second kappa shape index (κ2) is 4.25. The summed E-state index contributed by atoms with van der Waals surface area (Å²) in [4.78, 5) is 4.22. The van der Waals surface area contributed by atoms with Crippen LogP contribution in [0.5, 0.6) is 0 Å². The molecule has 0 fully saturated rings. The summed E-state index contributed by atoms with van der Waals surface area (Å²) in [6.45, 7) is 1.95. The highest BCUT2D eigenvalue weighted by atomic mass is 16.3. The molecule has 0 spiro atoms. The minimum absolute atomic E-state index is 0.145. The predicted octanol–water partition coefficient (Wildman–Crippen LogP) is 1.54. The fourth-order valence-corrected chi connectivity index (χ4v) is 1.45. The number of nitrogens with two attached hydrogens (primary N) is 1. The molecule has 2 rings (SSSR count). The van der Waals surface area contributed by atoms with Gasteiger partial charge in [0.2, 0.25) is 0 Å². The van der Waals surface area contributed by atoms with Crippen molar-refractivity contribution in [2.24, 2.45) is 5.84 Å². The molecular weight excluding hydrogens is 190 g/mol. The highest BCUT2D eigenvalue weighted by molar-refractivity contribution is 5.24. The van der Waals surface area contributed by atoms with E-state index in [-0.39, 0.29) is 6.04 Å². The summed E-state index contributed by atoms with van der Waals surface area (Å²) in [5.41, 5.74) is 4.67. The first-order valence-corrected chi connectivity index (χ1v) is 4.73. The van der Waals surface area contributed by atoms with Crippen LogP contribution in [0.15, 0.2) is 41.1 Å². The number of hydrogen-bond acceptors (Lipinski definition) is 4. The van der Waals surface area contributed by atoms with Gasteiger partial charge in [-0.15, -0.1) is 0 Å². The molecular formula is C11H13N3O. The van der Waals surface area contributed by atoms with E-state index in [0.717, 1.165) is 17.0 Å². The van der Waals surface area contributed by atoms with Gasteiger partial charge in [-0.05, 0) is 30.7 Å². The smallest absolute Gasteiger partial charge is 0.126 e. The van der Waals surface area contributed by atoms with Crippen LogP contribution in [0.3, 0.4) is 0 Å². The molecule has 2 heterocycles. The number of nitrogens with zero attached hydrogens (tertiary/aromatic N) is 1. The van der Waals surface area contributed by atoms with Crippen LogP contribution >= 0.6 is 0 Å². The summed E-state index contributed by atoms with van der Waals surface area (Å²) in [6, 6.07) is 7.50. The zero-order chi connectivity index (χ0) is 10.7. The number of furan rings is 1. The Labute approximate surface area is 88.1 Å². The Morgan fingerprint density at radius 2 is 2.27 bits per heavy atom. The number of rotatable bonds is 3. The van der Waals surface area contributed by atoms with E-state index in [4.69, 9.17) is 10.3 Å². The molecule has 0 radical (unpaired) electrons. The average molecular weight is 203 g/mol. The van der Waals surface area contributed by atoms with Crippen LogP contribution in [0.25, 0.3) is 0 Å². The lowest BCUT2D eigenvalue weighted by Gasteiger charge is -2.13. The van der Waals surface area contributed by atoms with Gasteiger partial charge in [-0.25, -0.2) is 5.43 Å². The van der Waals surface area contributed by atoms with Crippen LogP contribution in [0.2, 0.25) is 0 Å². The fraction of sp³-hybridized carbons (Fsp3) is 0.182. The summed E-state index contributed by atoms with van der Waals surface area (Å²) >= 11 is 0. The number of pyridine rings is 1. The molecule has 2 aromatic heterocycles. The molecule has 0 bridgehead atoms. The van der Waals surface area contributed by atoms with Gasteiger partial charge < -0.3 is 4.42 Å². The second-order valence-corrected chi connectivity index (χ2v) is 3.35. The fourth-order valence-electron chi connectivity index (χ4n) is 1.45. The maximum atomic E-state index is 5.50. The Morgan fingerprint density at radius 1 is 1.40 bits per heavy atom. The summed E-state index contributed by atoms with van der Waals surface area (Å²) in [5, 5.41) is 0. The van der Waals surface area contributed by atoms with Crippen molar-refractivity contribution in [3.05, 3.63) is 53.7 Å². The molecule has 0 aliphatic heterocycles. The van der Waals surface area contributed by atoms with Gasteiger partial charge in [0.15, 0.2) is 0 Å². The van der Waals surface area contributed by atoms with Gasteiger partial charge in [-0.3, -0.25) is 10.8 Å². The zero-order valence-electron chi connectivity index (χ0n) is 8.47. The topological polar surface area (TPSA) is 64.1 Å². The van der Waals surface area contributed by atoms with Crippen molar-refractivity contribution in [3.63, 3.8) is 0 Å². The van der Waals surface area contributed by atoms with Gasteiger partial charge in [-0.2, -0.15) is 0 Å². The number of hydrazine groups is 1. The van der Waals surface area contributed by atoms with Crippen molar-refractivity contribution >= 4 is 0 Å². The van der Waals surface area contributed by atoms with E-state index in [1.807, 2.05) is 31.2 Å². The van der Waals surface area contributed by atoms with Crippen molar-refractivity contribution in [1.29, 1.82) is 0 Å². The molecule has 0 amide bonds. The van der Waals surface area contributed by atoms with E-state index >= 15 is 0 Å². The van der Waals surface area contributed by atoms with E-state index in [1.54, 1.807) is 12.5 Å². The van der Waals surface area contributed by atoms with Crippen LogP contribution in [0.4, 0.5) is 0 Å². The van der Waals surface area contributed by atoms with Crippen LogP contribution in [-0.4, -0.2) is 4.98 Å². The molecule has 4 nitrogen and oxygen atoms in total. The average Bonchev–Trinajstić information content (AvgIpc) is 2.75. The summed E-state index contributed by atoms with van der Waals surface area (Å²) in [7, 11) is 0. The van der Waals surface area contributed by atoms with Crippen molar-refractivity contribution in [2.45, 2.75) is 13.0 Å². The largest absolute Gasteiger partial charge is 0.467 e. The van der Waals surface area contributed by atoms with Gasteiger partial charge in [0.05, 0.1) is 6.26 Å². The molecule has 0 saturated carbocycles. The third-order valence-electron chi connectivity index (χ3n) is 2.26. The Bertz CT molecular complexity index is 408. The normalized spacial score (nSPS) is 12.7. The van der Waals surface area contributed by atoms with Crippen LogP contribution in [0.1, 0.15) is 23.1 Å². The summed E-state index contributed by atoms with van der Waals surface area (Å²) in [5.74, 6) is 6.28. The van der Waals surface area contributed by atoms with E-state index < -0.39 is 0 Å². The van der Waals surface area contributed by atoms with Crippen LogP contribution in [-0.2, 0) is 0 Å². The Kier molecular flexibility index (Phi) is 2.80. The van der Waals surface area contributed by atoms with Gasteiger partial charge >= 0.3 is 0 Å². The molecule has 0 aliphatic carbocycles. The standard InChI is InChI=1S/C11H13N3O/c1-8-4-5-9(7-13-8)11(14-12)10-3-2-6-15-10/h2-7,11,14H,12H2,1H3. The molecule has 0 saturated heterocycles. The highest BCUT2D eigenvalue weighted by Gasteiger charge is 2.14. The monoisotopic (exact) mass is 203 g/mol. The van der Waals surface area contributed by atoms with Crippen LogP contribution in [0, 0.1) is 6.92 Å². The number of nitrogens with one attached hydrogen (secondary N) is 1. The van der Waals surface area contributed by atoms with Gasteiger partial charge in [-0.1, -0.05) is 6.07 Å². The minimum atomic E-state index is -0.145. The lowest BCUT2D eigenvalue weighted by atomic mass is 10.1. The van der Waals surface area contributed by atoms with E-state index in [0.29, 0.717) is 0 Å². The third-order valence-corrected chi connectivity index (χ3v) is 2.26. The maximum Gasteiger partial charge on any atom is 0.126 e. The second-order valence-electron chi connectivity index (χ2n) is 3.35. The first-order chi connectivity index (χ1) is 7.31. The molecule has 2 aromatic rings. The lowest BCUT2D eigenvalue weighted by molar-refractivity contribution is 0.451. The lowest BCUT2D eigenvalue weighted by Crippen LogP contribution is -2.28. The molecule has 78 valence electrons. The summed E-state index contributed by atoms with van der Waals surface area (Å²) in [6.07, 6.45) is 3.42. The van der Waals surface area contributed by atoms with Crippen molar-refractivity contribution in [3.8, 4) is 0 Å². The molecule has 0 aromatic carbocycles. The van der Waals surface area contributed by atoms with Crippen molar-refractivity contribution < 1.29 is 4.42 Å². The van der Waals surface area contributed by atoms with Crippen molar-refractivity contribution in [1.82, 2.24) is 10.4 Å².